The second-order valence-corrected chi connectivity index (χ2v) is 6.50. The third kappa shape index (κ3) is 2.68. The van der Waals surface area contributed by atoms with Crippen LogP contribution in [0.1, 0.15) is 37.9 Å². The molecular weight excluding hydrogens is 306 g/mol. The zero-order chi connectivity index (χ0) is 17.3. The molecule has 0 amide bonds. The Balaban J connectivity index is 2.08. The molecule has 2 aromatic rings. The van der Waals surface area contributed by atoms with Crippen molar-refractivity contribution in [3.63, 3.8) is 0 Å². The highest BCUT2D eigenvalue weighted by Crippen LogP contribution is 2.40. The second kappa shape index (κ2) is 6.30. The molecule has 3 rings (SSSR count). The Kier molecular flexibility index (Phi) is 4.35. The Labute approximate surface area is 141 Å². The minimum absolute atomic E-state index is 0.196. The first-order chi connectivity index (χ1) is 11.5. The van der Waals surface area contributed by atoms with Crippen molar-refractivity contribution in [2.75, 3.05) is 6.61 Å². The highest BCUT2D eigenvalue weighted by Gasteiger charge is 2.45. The van der Waals surface area contributed by atoms with Crippen LogP contribution in [0.4, 0.5) is 0 Å². The van der Waals surface area contributed by atoms with E-state index in [1.54, 1.807) is 6.92 Å². The van der Waals surface area contributed by atoms with Gasteiger partial charge in [0.15, 0.2) is 0 Å². The number of aliphatic carboxylic acids is 1. The minimum atomic E-state index is -0.983. The normalized spacial score (nSPS) is 19.9. The molecule has 2 heterocycles. The molecule has 0 bridgehead atoms. The maximum atomic E-state index is 12.5. The van der Waals surface area contributed by atoms with Crippen molar-refractivity contribution in [1.29, 1.82) is 0 Å². The number of carbonyl (C=O) groups is 2. The van der Waals surface area contributed by atoms with E-state index in [2.05, 4.69) is 23.6 Å². The van der Waals surface area contributed by atoms with Crippen LogP contribution in [0.15, 0.2) is 24.3 Å². The van der Waals surface area contributed by atoms with Crippen LogP contribution in [0.3, 0.4) is 0 Å². The van der Waals surface area contributed by atoms with E-state index >= 15 is 0 Å². The molecule has 1 aliphatic rings. The fourth-order valence-corrected chi connectivity index (χ4v) is 3.81. The van der Waals surface area contributed by atoms with Crippen molar-refractivity contribution in [2.45, 2.75) is 46.1 Å². The maximum absolute atomic E-state index is 12.5. The molecule has 0 radical (unpaired) electrons. The Hall–Kier alpha value is -2.30. The summed E-state index contributed by atoms with van der Waals surface area (Å²) < 4.78 is 7.33. The number of rotatable bonds is 5. The van der Waals surface area contributed by atoms with Gasteiger partial charge in [0.05, 0.1) is 18.4 Å². The predicted molar refractivity (Wildman–Crippen MR) is 91.0 cm³/mol. The van der Waals surface area contributed by atoms with Crippen LogP contribution in [0.5, 0.6) is 0 Å². The van der Waals surface area contributed by atoms with Gasteiger partial charge in [0.25, 0.3) is 0 Å². The minimum Gasteiger partial charge on any atom is -0.481 e. The van der Waals surface area contributed by atoms with Gasteiger partial charge < -0.3 is 14.4 Å². The van der Waals surface area contributed by atoms with Crippen molar-refractivity contribution in [2.24, 2.45) is 5.41 Å². The van der Waals surface area contributed by atoms with Crippen LogP contribution in [0, 0.1) is 5.41 Å². The van der Waals surface area contributed by atoms with E-state index in [9.17, 15) is 14.7 Å². The number of benzene rings is 1. The number of carboxylic acids is 1. The lowest BCUT2D eigenvalue weighted by atomic mass is 9.77. The van der Waals surface area contributed by atoms with Gasteiger partial charge in [0.1, 0.15) is 0 Å². The number of hydrogen-bond donors (Lipinski definition) is 1. The number of carbonyl (C=O) groups excluding carboxylic acids is 1. The summed E-state index contributed by atoms with van der Waals surface area (Å²) in [4.78, 5) is 23.9. The van der Waals surface area contributed by atoms with Crippen molar-refractivity contribution in [1.82, 2.24) is 4.57 Å². The lowest BCUT2D eigenvalue weighted by molar-refractivity contribution is -0.163. The van der Waals surface area contributed by atoms with Crippen molar-refractivity contribution < 1.29 is 19.4 Å². The summed E-state index contributed by atoms with van der Waals surface area (Å²) in [5.41, 5.74) is 2.52. The number of aryl methyl sites for hydroxylation is 2. The van der Waals surface area contributed by atoms with Gasteiger partial charge in [-0.3, -0.25) is 9.59 Å². The number of nitrogens with zero attached hydrogens (tertiary/aromatic N) is 1. The highest BCUT2D eigenvalue weighted by atomic mass is 16.5. The SMILES string of the molecule is CCOC(=O)C1(CC(=O)O)CCc2cc3c(CC)cccc3n2C1. The van der Waals surface area contributed by atoms with E-state index < -0.39 is 17.4 Å². The lowest BCUT2D eigenvalue weighted by Gasteiger charge is -2.35. The quantitative estimate of drug-likeness (QED) is 0.856. The molecule has 0 spiro atoms. The second-order valence-electron chi connectivity index (χ2n) is 6.50. The number of hydrogen-bond acceptors (Lipinski definition) is 3. The number of carboxylic acid groups (broad SMARTS) is 1. The number of fused-ring (bicyclic) bond motifs is 3. The van der Waals surface area contributed by atoms with Gasteiger partial charge in [-0.2, -0.15) is 0 Å². The molecule has 1 atom stereocenters. The average Bonchev–Trinajstić information content (AvgIpc) is 2.92. The zero-order valence-electron chi connectivity index (χ0n) is 14.2. The summed E-state index contributed by atoms with van der Waals surface area (Å²) in [7, 11) is 0. The molecule has 0 saturated heterocycles. The van der Waals surface area contributed by atoms with Gasteiger partial charge in [-0.1, -0.05) is 19.1 Å². The molecule has 1 aromatic carbocycles. The molecule has 1 unspecified atom stereocenters. The molecule has 5 heteroatoms. The molecule has 0 saturated carbocycles. The summed E-state index contributed by atoms with van der Waals surface area (Å²) in [6, 6.07) is 8.36. The standard InChI is InChI=1S/C19H23NO4/c1-3-13-6-5-7-16-15(13)10-14-8-9-19(11-17(21)22,12-20(14)16)18(23)24-4-2/h5-7,10H,3-4,8-9,11-12H2,1-2H3,(H,21,22). The smallest absolute Gasteiger partial charge is 0.314 e. The van der Waals surface area contributed by atoms with Gasteiger partial charge >= 0.3 is 11.9 Å². The average molecular weight is 329 g/mol. The molecule has 128 valence electrons. The van der Waals surface area contributed by atoms with E-state index in [0.717, 1.165) is 17.6 Å². The first-order valence-corrected chi connectivity index (χ1v) is 8.49. The fourth-order valence-electron chi connectivity index (χ4n) is 3.81. The zero-order valence-corrected chi connectivity index (χ0v) is 14.2. The van der Waals surface area contributed by atoms with Crippen LogP contribution >= 0.6 is 0 Å². The summed E-state index contributed by atoms with van der Waals surface area (Å²) in [6.45, 7) is 4.50. The molecule has 1 aromatic heterocycles. The van der Waals surface area contributed by atoms with Crippen molar-refractivity contribution in [3.8, 4) is 0 Å². The molecular formula is C19H23NO4. The van der Waals surface area contributed by atoms with Crippen LogP contribution < -0.4 is 0 Å². The topological polar surface area (TPSA) is 68.5 Å². The summed E-state index contributed by atoms with van der Waals surface area (Å²) in [6.07, 6.45) is 1.94. The van der Waals surface area contributed by atoms with Crippen molar-refractivity contribution >= 4 is 22.8 Å². The molecule has 24 heavy (non-hydrogen) atoms. The number of aromatic nitrogens is 1. The Morgan fingerprint density at radius 2 is 2.12 bits per heavy atom. The Bertz CT molecular complexity index is 792. The molecule has 1 N–H and O–H groups in total. The number of ether oxygens (including phenoxy) is 1. The highest BCUT2D eigenvalue weighted by molar-refractivity contribution is 5.87. The predicted octanol–water partition coefficient (Wildman–Crippen LogP) is 3.17. The van der Waals surface area contributed by atoms with Gasteiger partial charge in [-0.25, -0.2) is 0 Å². The first-order valence-electron chi connectivity index (χ1n) is 8.49. The monoisotopic (exact) mass is 329 g/mol. The van der Waals surface area contributed by atoms with E-state index in [1.807, 2.05) is 12.1 Å². The Morgan fingerprint density at radius 1 is 1.33 bits per heavy atom. The van der Waals surface area contributed by atoms with Gasteiger partial charge in [-0.15, -0.1) is 0 Å². The van der Waals surface area contributed by atoms with E-state index in [0.29, 0.717) is 19.4 Å². The molecule has 0 fully saturated rings. The molecule has 1 aliphatic heterocycles. The number of esters is 1. The summed E-state index contributed by atoms with van der Waals surface area (Å²) >= 11 is 0. The van der Waals surface area contributed by atoms with Crippen LogP contribution in [-0.2, 0) is 33.7 Å². The summed E-state index contributed by atoms with van der Waals surface area (Å²) in [5, 5.41) is 10.5. The van der Waals surface area contributed by atoms with E-state index in [1.165, 1.54) is 10.9 Å². The molecule has 0 aliphatic carbocycles. The fraction of sp³-hybridized carbons (Fsp3) is 0.474. The first kappa shape index (κ1) is 16.6. The van der Waals surface area contributed by atoms with Crippen molar-refractivity contribution in [3.05, 3.63) is 35.5 Å². The van der Waals surface area contributed by atoms with Gasteiger partial charge in [0, 0.05) is 23.1 Å². The lowest BCUT2D eigenvalue weighted by Crippen LogP contribution is -2.42. The van der Waals surface area contributed by atoms with E-state index in [4.69, 9.17) is 4.74 Å². The Morgan fingerprint density at radius 3 is 2.79 bits per heavy atom. The van der Waals surface area contributed by atoms with Crippen LogP contribution in [0.25, 0.3) is 10.9 Å². The van der Waals surface area contributed by atoms with Gasteiger partial charge in [0.2, 0.25) is 0 Å². The third-order valence-electron chi connectivity index (χ3n) is 5.02. The van der Waals surface area contributed by atoms with Gasteiger partial charge in [-0.05, 0) is 43.9 Å². The summed E-state index contributed by atoms with van der Waals surface area (Å²) in [5.74, 6) is -1.36. The maximum Gasteiger partial charge on any atom is 0.314 e. The van der Waals surface area contributed by atoms with Crippen LogP contribution in [-0.4, -0.2) is 28.2 Å². The third-order valence-corrected chi connectivity index (χ3v) is 5.02. The largest absolute Gasteiger partial charge is 0.481 e. The van der Waals surface area contributed by atoms with Crippen LogP contribution in [0.2, 0.25) is 0 Å². The van der Waals surface area contributed by atoms with E-state index in [-0.39, 0.29) is 13.0 Å². The molecule has 5 nitrogen and oxygen atoms in total.